The number of benzene rings is 1. The highest BCUT2D eigenvalue weighted by atomic mass is 16.5. The third-order valence-electron chi connectivity index (χ3n) is 4.96. The molecule has 2 saturated heterocycles. The fourth-order valence-corrected chi connectivity index (χ4v) is 3.90. The quantitative estimate of drug-likeness (QED) is 0.918. The van der Waals surface area contributed by atoms with E-state index in [9.17, 15) is 0 Å². The zero-order valence-electron chi connectivity index (χ0n) is 11.7. The number of fused-ring (bicyclic) bond motifs is 3. The molecule has 1 aromatic carbocycles. The molecule has 4 unspecified atom stereocenters. The van der Waals surface area contributed by atoms with E-state index < -0.39 is 0 Å². The second kappa shape index (κ2) is 4.31. The van der Waals surface area contributed by atoms with E-state index in [0.29, 0.717) is 24.0 Å². The molecule has 108 valence electrons. The molecule has 0 spiro atoms. The monoisotopic (exact) mass is 283 g/mol. The Morgan fingerprint density at radius 2 is 2.14 bits per heavy atom. The maximum absolute atomic E-state index is 5.89. The summed E-state index contributed by atoms with van der Waals surface area (Å²) in [5.41, 5.74) is 2.48. The second-order valence-electron chi connectivity index (χ2n) is 6.27. The largest absolute Gasteiger partial charge is 0.374 e. The van der Waals surface area contributed by atoms with Crippen molar-refractivity contribution in [2.24, 2.45) is 0 Å². The lowest BCUT2D eigenvalue weighted by Gasteiger charge is -2.13. The van der Waals surface area contributed by atoms with Gasteiger partial charge in [-0.3, -0.25) is 0 Å². The third kappa shape index (κ3) is 1.80. The predicted octanol–water partition coefficient (Wildman–Crippen LogP) is 2.81. The molecule has 21 heavy (non-hydrogen) atoms. The molecule has 2 aromatic rings. The van der Waals surface area contributed by atoms with Gasteiger partial charge in [0, 0.05) is 12.1 Å². The zero-order chi connectivity index (χ0) is 13.8. The van der Waals surface area contributed by atoms with Crippen LogP contribution in [-0.4, -0.2) is 22.3 Å². The molecule has 5 heteroatoms. The topological polar surface area (TPSA) is 60.2 Å². The first kappa shape index (κ1) is 11.7. The Morgan fingerprint density at radius 3 is 2.95 bits per heavy atom. The van der Waals surface area contributed by atoms with Crippen LogP contribution in [0.1, 0.15) is 48.5 Å². The Balaban J connectivity index is 1.38. The number of nitrogens with zero attached hydrogens (tertiary/aromatic N) is 2. The first-order valence-corrected chi connectivity index (χ1v) is 7.70. The number of para-hydroxylation sites is 1. The number of hydrogen-bond acceptors (Lipinski definition) is 5. The van der Waals surface area contributed by atoms with E-state index in [1.807, 2.05) is 6.07 Å². The Morgan fingerprint density at radius 1 is 1.19 bits per heavy atom. The highest BCUT2D eigenvalue weighted by Crippen LogP contribution is 2.44. The van der Waals surface area contributed by atoms with Crippen molar-refractivity contribution in [3.8, 4) is 0 Å². The van der Waals surface area contributed by atoms with E-state index in [1.54, 1.807) is 0 Å². The maximum Gasteiger partial charge on any atom is 0.249 e. The SMILES string of the molecule is c1ccc2c(c1)CC(c1nc(C3CC4CCC3O4)no1)N2. The predicted molar refractivity (Wildman–Crippen MR) is 76.1 cm³/mol. The Labute approximate surface area is 122 Å². The van der Waals surface area contributed by atoms with Gasteiger partial charge >= 0.3 is 0 Å². The minimum Gasteiger partial charge on any atom is -0.374 e. The minimum absolute atomic E-state index is 0.100. The molecular formula is C16H17N3O2. The van der Waals surface area contributed by atoms with Crippen molar-refractivity contribution in [3.05, 3.63) is 41.5 Å². The van der Waals surface area contributed by atoms with E-state index in [4.69, 9.17) is 9.26 Å². The molecule has 0 aliphatic carbocycles. The first-order valence-electron chi connectivity index (χ1n) is 7.70. The van der Waals surface area contributed by atoms with Gasteiger partial charge in [-0.15, -0.1) is 0 Å². The lowest BCUT2D eigenvalue weighted by molar-refractivity contribution is 0.0996. The summed E-state index contributed by atoms with van der Waals surface area (Å²) in [6.45, 7) is 0. The van der Waals surface area contributed by atoms with Crippen LogP contribution in [-0.2, 0) is 11.2 Å². The lowest BCUT2D eigenvalue weighted by Crippen LogP contribution is -2.16. The second-order valence-corrected chi connectivity index (χ2v) is 6.27. The van der Waals surface area contributed by atoms with Crippen molar-refractivity contribution in [3.63, 3.8) is 0 Å². The van der Waals surface area contributed by atoms with Crippen LogP contribution in [0.5, 0.6) is 0 Å². The van der Waals surface area contributed by atoms with Crippen molar-refractivity contribution in [1.29, 1.82) is 0 Å². The summed E-state index contributed by atoms with van der Waals surface area (Å²) in [7, 11) is 0. The molecule has 3 aliphatic rings. The van der Waals surface area contributed by atoms with Crippen molar-refractivity contribution in [2.75, 3.05) is 5.32 Å². The number of rotatable bonds is 2. The Hall–Kier alpha value is -1.88. The van der Waals surface area contributed by atoms with Crippen LogP contribution in [0.3, 0.4) is 0 Å². The first-order chi connectivity index (χ1) is 10.4. The summed E-state index contributed by atoms with van der Waals surface area (Å²) in [5, 5.41) is 7.68. The van der Waals surface area contributed by atoms with Gasteiger partial charge in [0.1, 0.15) is 6.04 Å². The molecule has 5 nitrogen and oxygen atoms in total. The zero-order valence-corrected chi connectivity index (χ0v) is 11.7. The van der Waals surface area contributed by atoms with Crippen LogP contribution in [0.15, 0.2) is 28.8 Å². The number of aromatic nitrogens is 2. The van der Waals surface area contributed by atoms with Gasteiger partial charge in [0.25, 0.3) is 0 Å². The molecule has 0 amide bonds. The molecule has 3 aliphatic heterocycles. The normalized spacial score (nSPS) is 33.1. The summed E-state index contributed by atoms with van der Waals surface area (Å²) in [6.07, 6.45) is 4.98. The van der Waals surface area contributed by atoms with Crippen LogP contribution in [0.25, 0.3) is 0 Å². The van der Waals surface area contributed by atoms with Crippen LogP contribution in [0, 0.1) is 0 Å². The van der Waals surface area contributed by atoms with Gasteiger partial charge in [0.05, 0.1) is 18.1 Å². The van der Waals surface area contributed by atoms with E-state index in [0.717, 1.165) is 25.1 Å². The van der Waals surface area contributed by atoms with Gasteiger partial charge in [-0.25, -0.2) is 0 Å². The fourth-order valence-electron chi connectivity index (χ4n) is 3.90. The van der Waals surface area contributed by atoms with E-state index in [1.165, 1.54) is 17.7 Å². The molecule has 1 N–H and O–H groups in total. The summed E-state index contributed by atoms with van der Waals surface area (Å²) >= 11 is 0. The molecule has 0 radical (unpaired) electrons. The standard InChI is InChI=1S/C16H17N3O2/c1-2-4-12-9(3-1)7-13(17-12)16-18-15(19-21-16)11-8-10-5-6-14(11)20-10/h1-4,10-11,13-14,17H,5-8H2. The number of nitrogens with one attached hydrogen (secondary N) is 1. The number of hydrogen-bond donors (Lipinski definition) is 1. The van der Waals surface area contributed by atoms with Gasteiger partial charge in [-0.2, -0.15) is 4.98 Å². The number of anilines is 1. The highest BCUT2D eigenvalue weighted by molar-refractivity contribution is 5.56. The third-order valence-corrected chi connectivity index (χ3v) is 4.96. The minimum atomic E-state index is 0.100. The molecule has 5 rings (SSSR count). The Bertz CT molecular complexity index is 659. The number of ether oxygens (including phenoxy) is 1. The van der Waals surface area contributed by atoms with Gasteiger partial charge in [-0.1, -0.05) is 23.4 Å². The fraction of sp³-hybridized carbons (Fsp3) is 0.500. The summed E-state index contributed by atoms with van der Waals surface area (Å²) in [5.74, 6) is 1.85. The molecule has 0 saturated carbocycles. The molecule has 2 bridgehead atoms. The summed E-state index contributed by atoms with van der Waals surface area (Å²) < 4.78 is 11.4. The molecule has 2 fully saturated rings. The van der Waals surface area contributed by atoms with Gasteiger partial charge in [-0.05, 0) is 30.9 Å². The highest BCUT2D eigenvalue weighted by Gasteiger charge is 2.44. The Kier molecular flexibility index (Phi) is 2.41. The average molecular weight is 283 g/mol. The maximum atomic E-state index is 5.89. The van der Waals surface area contributed by atoms with Gasteiger partial charge in [0.2, 0.25) is 5.89 Å². The molecule has 4 heterocycles. The van der Waals surface area contributed by atoms with Gasteiger partial charge < -0.3 is 14.6 Å². The smallest absolute Gasteiger partial charge is 0.249 e. The lowest BCUT2D eigenvalue weighted by atomic mass is 9.89. The van der Waals surface area contributed by atoms with Crippen LogP contribution in [0.4, 0.5) is 5.69 Å². The van der Waals surface area contributed by atoms with Crippen LogP contribution < -0.4 is 5.32 Å². The van der Waals surface area contributed by atoms with Crippen molar-refractivity contribution >= 4 is 5.69 Å². The van der Waals surface area contributed by atoms with E-state index in [-0.39, 0.29) is 6.04 Å². The summed E-state index contributed by atoms with van der Waals surface area (Å²) in [6, 6.07) is 8.44. The molecular weight excluding hydrogens is 266 g/mol. The molecule has 4 atom stereocenters. The van der Waals surface area contributed by atoms with Gasteiger partial charge in [0.15, 0.2) is 5.82 Å². The van der Waals surface area contributed by atoms with E-state index >= 15 is 0 Å². The average Bonchev–Trinajstić information content (AvgIpc) is 3.27. The van der Waals surface area contributed by atoms with Crippen molar-refractivity contribution < 1.29 is 9.26 Å². The van der Waals surface area contributed by atoms with E-state index in [2.05, 4.69) is 33.7 Å². The van der Waals surface area contributed by atoms with Crippen molar-refractivity contribution in [2.45, 2.75) is 49.9 Å². The van der Waals surface area contributed by atoms with Crippen molar-refractivity contribution in [1.82, 2.24) is 10.1 Å². The molecule has 1 aromatic heterocycles. The van der Waals surface area contributed by atoms with Crippen LogP contribution >= 0.6 is 0 Å². The van der Waals surface area contributed by atoms with Crippen LogP contribution in [0.2, 0.25) is 0 Å². The summed E-state index contributed by atoms with van der Waals surface area (Å²) in [4.78, 5) is 4.66.